The minimum atomic E-state index is -4.74. The molecule has 156 valence electrons. The van der Waals surface area contributed by atoms with Crippen molar-refractivity contribution >= 4 is 17.5 Å². The first-order valence-corrected chi connectivity index (χ1v) is 9.43. The second-order valence-electron chi connectivity index (χ2n) is 6.81. The zero-order valence-electron chi connectivity index (χ0n) is 15.7. The highest BCUT2D eigenvalue weighted by molar-refractivity contribution is 6.16. The molecule has 0 N–H and O–H groups in total. The van der Waals surface area contributed by atoms with Crippen LogP contribution >= 0.6 is 11.6 Å². The van der Waals surface area contributed by atoms with E-state index in [4.69, 9.17) is 16.0 Å². The molecule has 4 rings (SSSR count). The van der Waals surface area contributed by atoms with E-state index in [0.29, 0.717) is 35.0 Å². The number of amides is 1. The van der Waals surface area contributed by atoms with Crippen LogP contribution in [-0.4, -0.2) is 27.4 Å². The van der Waals surface area contributed by atoms with Crippen molar-refractivity contribution in [2.24, 2.45) is 0 Å². The molecule has 1 aliphatic rings. The second-order valence-corrected chi connectivity index (χ2v) is 7.08. The third-order valence-corrected chi connectivity index (χ3v) is 4.87. The van der Waals surface area contributed by atoms with Gasteiger partial charge in [0.2, 0.25) is 11.8 Å². The van der Waals surface area contributed by atoms with E-state index in [1.54, 1.807) is 11.0 Å². The van der Waals surface area contributed by atoms with Crippen LogP contribution in [0.4, 0.5) is 13.2 Å². The topological polar surface area (TPSA) is 68.5 Å². The minimum Gasteiger partial charge on any atom is -0.419 e. The molecule has 0 bridgehead atoms. The normalized spacial score (nSPS) is 13.6. The van der Waals surface area contributed by atoms with E-state index in [9.17, 15) is 18.0 Å². The molecule has 10 heteroatoms. The predicted octanol–water partition coefficient (Wildman–Crippen LogP) is 4.84. The van der Waals surface area contributed by atoms with Crippen LogP contribution in [0.1, 0.15) is 32.9 Å². The highest BCUT2D eigenvalue weighted by Gasteiger charge is 2.32. The summed E-state index contributed by atoms with van der Waals surface area (Å²) < 4.78 is 46.2. The van der Waals surface area contributed by atoms with Crippen LogP contribution in [0.15, 0.2) is 40.8 Å². The van der Waals surface area contributed by atoms with Crippen LogP contribution in [0.2, 0.25) is 0 Å². The number of aryl methyl sites for hydroxylation is 1. The van der Waals surface area contributed by atoms with Crippen LogP contribution in [0.3, 0.4) is 0 Å². The van der Waals surface area contributed by atoms with Crippen molar-refractivity contribution in [3.05, 3.63) is 64.5 Å². The summed E-state index contributed by atoms with van der Waals surface area (Å²) >= 11 is 5.70. The fourth-order valence-corrected chi connectivity index (χ4v) is 3.53. The average Bonchev–Trinajstić information content (AvgIpc) is 3.27. The van der Waals surface area contributed by atoms with E-state index >= 15 is 0 Å². The summed E-state index contributed by atoms with van der Waals surface area (Å²) in [7, 11) is 0. The van der Waals surface area contributed by atoms with Crippen LogP contribution in [0.25, 0.3) is 11.5 Å². The quantitative estimate of drug-likeness (QED) is 0.534. The van der Waals surface area contributed by atoms with Gasteiger partial charge in [0.05, 0.1) is 0 Å². The molecule has 3 aromatic rings. The molecule has 1 aliphatic heterocycles. The van der Waals surface area contributed by atoms with Crippen molar-refractivity contribution in [2.45, 2.75) is 32.3 Å². The number of ether oxygens (including phenoxy) is 1. The van der Waals surface area contributed by atoms with Gasteiger partial charge >= 0.3 is 6.36 Å². The Balaban J connectivity index is 1.52. The number of halogens is 4. The molecule has 30 heavy (non-hydrogen) atoms. The molecule has 2 heterocycles. The lowest BCUT2D eigenvalue weighted by Crippen LogP contribution is -2.23. The van der Waals surface area contributed by atoms with Crippen LogP contribution < -0.4 is 4.74 Å². The number of benzene rings is 2. The number of alkyl halides is 4. The lowest BCUT2D eigenvalue weighted by atomic mass is 10.0. The Morgan fingerprint density at radius 2 is 1.93 bits per heavy atom. The fraction of sp³-hybridized carbons (Fsp3) is 0.250. The second kappa shape index (κ2) is 7.64. The molecular formula is C20H15ClF3N3O3. The van der Waals surface area contributed by atoms with Gasteiger partial charge in [0, 0.05) is 24.2 Å². The molecule has 1 aromatic heterocycles. The van der Waals surface area contributed by atoms with Crippen LogP contribution in [0.5, 0.6) is 5.75 Å². The summed E-state index contributed by atoms with van der Waals surface area (Å²) in [5.74, 6) is 0.286. The zero-order chi connectivity index (χ0) is 21.5. The van der Waals surface area contributed by atoms with Crippen molar-refractivity contribution in [3.8, 4) is 17.2 Å². The minimum absolute atomic E-state index is 0.107. The Hall–Kier alpha value is -3.07. The van der Waals surface area contributed by atoms with Gasteiger partial charge in [-0.25, -0.2) is 0 Å². The first-order chi connectivity index (χ1) is 14.2. The lowest BCUT2D eigenvalue weighted by Gasteiger charge is -2.16. The highest BCUT2D eigenvalue weighted by atomic mass is 35.5. The Labute approximate surface area is 174 Å². The first kappa shape index (κ1) is 20.2. The fourth-order valence-electron chi connectivity index (χ4n) is 3.42. The summed E-state index contributed by atoms with van der Waals surface area (Å²) in [6.07, 6.45) is -4.74. The maximum absolute atomic E-state index is 12.9. The molecular weight excluding hydrogens is 423 g/mol. The number of rotatable bonds is 5. The van der Waals surface area contributed by atoms with E-state index in [1.165, 1.54) is 24.3 Å². The summed E-state index contributed by atoms with van der Waals surface area (Å²) in [5, 5.41) is 7.81. The number of fused-ring (bicyclic) bond motifs is 1. The van der Waals surface area contributed by atoms with E-state index < -0.39 is 6.36 Å². The number of carbonyl (C=O) groups is 1. The largest absolute Gasteiger partial charge is 0.573 e. The van der Waals surface area contributed by atoms with Crippen LogP contribution in [0, 0.1) is 6.92 Å². The van der Waals surface area contributed by atoms with Crippen molar-refractivity contribution < 1.29 is 27.1 Å². The van der Waals surface area contributed by atoms with Crippen molar-refractivity contribution in [1.82, 2.24) is 15.1 Å². The van der Waals surface area contributed by atoms with Gasteiger partial charge in [-0.05, 0) is 47.9 Å². The van der Waals surface area contributed by atoms with Gasteiger partial charge in [-0.1, -0.05) is 12.1 Å². The average molecular weight is 438 g/mol. The molecule has 0 atom stereocenters. The summed E-state index contributed by atoms with van der Waals surface area (Å²) in [5.41, 5.74) is 3.57. The van der Waals surface area contributed by atoms with E-state index in [2.05, 4.69) is 14.9 Å². The van der Waals surface area contributed by atoms with Gasteiger partial charge in [0.15, 0.2) is 0 Å². The van der Waals surface area contributed by atoms with Gasteiger partial charge in [-0.15, -0.1) is 35.0 Å². The molecule has 0 saturated heterocycles. The summed E-state index contributed by atoms with van der Waals surface area (Å²) in [6.45, 7) is 2.44. The van der Waals surface area contributed by atoms with Crippen LogP contribution in [-0.2, 0) is 19.0 Å². The van der Waals surface area contributed by atoms with Gasteiger partial charge in [-0.2, -0.15) is 0 Å². The molecule has 2 aromatic carbocycles. The number of hydrogen-bond acceptors (Lipinski definition) is 5. The van der Waals surface area contributed by atoms with Crippen molar-refractivity contribution in [1.29, 1.82) is 0 Å². The maximum Gasteiger partial charge on any atom is 0.573 e. The first-order valence-electron chi connectivity index (χ1n) is 8.89. The lowest BCUT2D eigenvalue weighted by molar-refractivity contribution is -0.274. The summed E-state index contributed by atoms with van der Waals surface area (Å²) in [4.78, 5) is 14.5. The molecule has 0 spiro atoms. The smallest absolute Gasteiger partial charge is 0.419 e. The standard InChI is InChI=1S/C20H15ClF3N3O3/c1-11-6-13(18-26-25-16(8-21)29-18)7-14-10-27(19(28)17(11)14)9-12-2-4-15(5-3-12)30-20(22,23)24/h2-7H,8-10H2,1H3. The van der Waals surface area contributed by atoms with Gasteiger partial charge in [0.1, 0.15) is 11.6 Å². The molecule has 0 fully saturated rings. The Bertz CT molecular complexity index is 1100. The van der Waals surface area contributed by atoms with E-state index in [0.717, 1.165) is 11.1 Å². The third-order valence-electron chi connectivity index (χ3n) is 4.64. The van der Waals surface area contributed by atoms with Gasteiger partial charge < -0.3 is 14.1 Å². The molecule has 0 radical (unpaired) electrons. The predicted molar refractivity (Wildman–Crippen MR) is 101 cm³/mol. The zero-order valence-corrected chi connectivity index (χ0v) is 16.4. The Kier molecular flexibility index (Phi) is 5.15. The molecule has 0 unspecified atom stereocenters. The van der Waals surface area contributed by atoms with Gasteiger partial charge in [0.25, 0.3) is 5.91 Å². The Morgan fingerprint density at radius 1 is 1.20 bits per heavy atom. The number of carbonyl (C=O) groups excluding carboxylic acids is 1. The highest BCUT2D eigenvalue weighted by Crippen LogP contribution is 2.32. The third kappa shape index (κ3) is 4.11. The molecule has 0 aliphatic carbocycles. The van der Waals surface area contributed by atoms with E-state index in [1.807, 2.05) is 13.0 Å². The molecule has 0 saturated carbocycles. The number of aromatic nitrogens is 2. The molecule has 1 amide bonds. The summed E-state index contributed by atoms with van der Waals surface area (Å²) in [6, 6.07) is 9.08. The Morgan fingerprint density at radius 3 is 2.57 bits per heavy atom. The maximum atomic E-state index is 12.9. The van der Waals surface area contributed by atoms with Crippen molar-refractivity contribution in [3.63, 3.8) is 0 Å². The van der Waals surface area contributed by atoms with E-state index in [-0.39, 0.29) is 24.1 Å². The number of hydrogen-bond donors (Lipinski definition) is 0. The van der Waals surface area contributed by atoms with Crippen molar-refractivity contribution in [2.75, 3.05) is 0 Å². The van der Waals surface area contributed by atoms with Gasteiger partial charge in [-0.3, -0.25) is 4.79 Å². The monoisotopic (exact) mass is 437 g/mol. The molecule has 6 nitrogen and oxygen atoms in total. The number of nitrogens with zero attached hydrogens (tertiary/aromatic N) is 3. The SMILES string of the molecule is Cc1cc(-c2nnc(CCl)o2)cc2c1C(=O)N(Cc1ccc(OC(F)(F)F)cc1)C2.